The Hall–Kier alpha value is -3.67. The molecule has 0 bridgehead atoms. The summed E-state index contributed by atoms with van der Waals surface area (Å²) in [6, 6.07) is 5.01. The van der Waals surface area contributed by atoms with Crippen molar-refractivity contribution >= 4 is 29.4 Å². The van der Waals surface area contributed by atoms with Crippen molar-refractivity contribution < 1.29 is 18.7 Å². The molecule has 2 fully saturated rings. The zero-order valence-electron chi connectivity index (χ0n) is 19.7. The third-order valence-electron chi connectivity index (χ3n) is 6.23. The Morgan fingerprint density at radius 1 is 1.17 bits per heavy atom. The molecule has 1 amide bonds. The predicted octanol–water partition coefficient (Wildman–Crippen LogP) is 1.53. The number of halogens is 1. The van der Waals surface area contributed by atoms with E-state index in [1.165, 1.54) is 0 Å². The summed E-state index contributed by atoms with van der Waals surface area (Å²) < 4.78 is 25.3. The van der Waals surface area contributed by atoms with E-state index in [1.54, 1.807) is 25.3 Å². The Morgan fingerprint density at radius 3 is 2.57 bits per heavy atom. The Kier molecular flexibility index (Phi) is 7.80. The molecule has 0 aliphatic carbocycles. The summed E-state index contributed by atoms with van der Waals surface area (Å²) in [5.74, 6) is 0.291. The highest BCUT2D eigenvalue weighted by Crippen LogP contribution is 2.26. The van der Waals surface area contributed by atoms with E-state index in [0.29, 0.717) is 37.8 Å². The molecule has 12 heteroatoms. The minimum atomic E-state index is -0.899. The summed E-state index contributed by atoms with van der Waals surface area (Å²) >= 11 is 0. The van der Waals surface area contributed by atoms with Crippen molar-refractivity contribution in [3.63, 3.8) is 0 Å². The molecule has 0 spiro atoms. The Labute approximate surface area is 203 Å². The molecule has 1 unspecified atom stereocenters. The molecular weight excluding hydrogens is 455 g/mol. The van der Waals surface area contributed by atoms with Gasteiger partial charge in [-0.1, -0.05) is 12.1 Å². The SMILES string of the molecule is COCC1CCN(c2ncc(N3CCN(c4cccc(COC(=O)NC(=N)N)c4F)CC3)cn2)C1. The van der Waals surface area contributed by atoms with Crippen LogP contribution in [0.1, 0.15) is 12.0 Å². The number of guanidine groups is 1. The van der Waals surface area contributed by atoms with E-state index >= 15 is 4.39 Å². The monoisotopic (exact) mass is 486 g/mol. The number of ether oxygens (including phenoxy) is 2. The second-order valence-electron chi connectivity index (χ2n) is 8.64. The number of hydrogen-bond acceptors (Lipinski definition) is 9. The highest BCUT2D eigenvalue weighted by molar-refractivity contribution is 5.90. The van der Waals surface area contributed by atoms with Gasteiger partial charge >= 0.3 is 6.09 Å². The summed E-state index contributed by atoms with van der Waals surface area (Å²) in [6.45, 7) is 4.98. The number of rotatable bonds is 7. The van der Waals surface area contributed by atoms with Crippen LogP contribution in [0.3, 0.4) is 0 Å². The molecule has 35 heavy (non-hydrogen) atoms. The van der Waals surface area contributed by atoms with Gasteiger partial charge in [-0.25, -0.2) is 19.2 Å². The molecule has 2 saturated heterocycles. The van der Waals surface area contributed by atoms with Crippen LogP contribution in [0, 0.1) is 17.1 Å². The molecule has 188 valence electrons. The third kappa shape index (κ3) is 6.07. The summed E-state index contributed by atoms with van der Waals surface area (Å²) in [7, 11) is 1.73. The fourth-order valence-electron chi connectivity index (χ4n) is 4.44. The first-order valence-corrected chi connectivity index (χ1v) is 11.6. The van der Waals surface area contributed by atoms with Crippen LogP contribution in [0.2, 0.25) is 0 Å². The van der Waals surface area contributed by atoms with Gasteiger partial charge in [-0.3, -0.25) is 10.7 Å². The van der Waals surface area contributed by atoms with Gasteiger partial charge in [-0.05, 0) is 12.5 Å². The highest BCUT2D eigenvalue weighted by Gasteiger charge is 2.25. The number of amides is 1. The number of aromatic nitrogens is 2. The first kappa shape index (κ1) is 24.5. The number of carbonyl (C=O) groups excluding carboxylic acids is 1. The maximum atomic E-state index is 15.1. The van der Waals surface area contributed by atoms with Crippen LogP contribution in [0.4, 0.5) is 26.5 Å². The molecule has 4 rings (SSSR count). The van der Waals surface area contributed by atoms with Crippen molar-refractivity contribution in [1.29, 1.82) is 5.41 Å². The van der Waals surface area contributed by atoms with Gasteiger partial charge in [0.2, 0.25) is 5.95 Å². The summed E-state index contributed by atoms with van der Waals surface area (Å²) in [4.78, 5) is 27.0. The summed E-state index contributed by atoms with van der Waals surface area (Å²) in [6.07, 6.45) is 3.89. The molecule has 1 atom stereocenters. The molecule has 11 nitrogen and oxygen atoms in total. The fraction of sp³-hybridized carbons (Fsp3) is 0.478. The molecule has 1 aromatic carbocycles. The van der Waals surface area contributed by atoms with E-state index in [1.807, 2.05) is 22.6 Å². The van der Waals surface area contributed by atoms with Crippen LogP contribution < -0.4 is 25.8 Å². The number of nitrogens with one attached hydrogen (secondary N) is 2. The van der Waals surface area contributed by atoms with Crippen LogP contribution in [0.15, 0.2) is 30.6 Å². The number of carbonyl (C=O) groups is 1. The number of hydrogen-bond donors (Lipinski definition) is 3. The van der Waals surface area contributed by atoms with Crippen molar-refractivity contribution in [2.45, 2.75) is 13.0 Å². The van der Waals surface area contributed by atoms with E-state index in [4.69, 9.17) is 20.6 Å². The van der Waals surface area contributed by atoms with Crippen LogP contribution >= 0.6 is 0 Å². The zero-order chi connectivity index (χ0) is 24.8. The Morgan fingerprint density at radius 2 is 1.89 bits per heavy atom. The van der Waals surface area contributed by atoms with Gasteiger partial charge in [-0.2, -0.15) is 0 Å². The normalized spacial score (nSPS) is 18.0. The van der Waals surface area contributed by atoms with Crippen molar-refractivity contribution in [3.05, 3.63) is 42.0 Å². The van der Waals surface area contributed by atoms with Crippen molar-refractivity contribution in [1.82, 2.24) is 15.3 Å². The third-order valence-corrected chi connectivity index (χ3v) is 6.23. The van der Waals surface area contributed by atoms with Crippen molar-refractivity contribution in [2.75, 3.05) is 67.7 Å². The molecule has 2 aliphatic heterocycles. The maximum absolute atomic E-state index is 15.1. The average Bonchev–Trinajstić information content (AvgIpc) is 3.32. The van der Waals surface area contributed by atoms with E-state index in [-0.39, 0.29) is 12.2 Å². The summed E-state index contributed by atoms with van der Waals surface area (Å²) in [5, 5.41) is 9.03. The second-order valence-corrected chi connectivity index (χ2v) is 8.64. The van der Waals surface area contributed by atoms with Crippen LogP contribution in [0.5, 0.6) is 0 Å². The van der Waals surface area contributed by atoms with Gasteiger partial charge < -0.3 is 29.9 Å². The smallest absolute Gasteiger partial charge is 0.414 e. The average molecular weight is 487 g/mol. The standard InChI is InChI=1S/C23H31FN8O3/c1-34-14-16-5-6-32(13-16)22-27-11-18(12-28-22)30-7-9-31(10-8-30)19-4-2-3-17(20(19)24)15-35-23(33)29-21(25)26/h2-4,11-12,16H,5-10,13-15H2,1H3,(H4,25,26,29,33). The lowest BCUT2D eigenvalue weighted by atomic mass is 10.1. The highest BCUT2D eigenvalue weighted by atomic mass is 19.1. The van der Waals surface area contributed by atoms with E-state index in [0.717, 1.165) is 37.8 Å². The number of benzene rings is 1. The minimum Gasteiger partial charge on any atom is -0.444 e. The lowest BCUT2D eigenvalue weighted by Crippen LogP contribution is -2.47. The molecule has 2 aromatic rings. The van der Waals surface area contributed by atoms with Gasteiger partial charge in [0.05, 0.1) is 30.4 Å². The second kappa shape index (κ2) is 11.2. The molecular formula is C23H31FN8O3. The molecule has 0 radical (unpaired) electrons. The lowest BCUT2D eigenvalue weighted by Gasteiger charge is -2.37. The van der Waals surface area contributed by atoms with Crippen molar-refractivity contribution in [3.8, 4) is 0 Å². The van der Waals surface area contributed by atoms with E-state index in [2.05, 4.69) is 19.8 Å². The number of alkyl carbamates (subject to hydrolysis) is 1. The van der Waals surface area contributed by atoms with Crippen molar-refractivity contribution in [2.24, 2.45) is 11.7 Å². The Balaban J connectivity index is 1.32. The zero-order valence-corrected chi connectivity index (χ0v) is 19.7. The van der Waals surface area contributed by atoms with Gasteiger partial charge in [0, 0.05) is 57.9 Å². The minimum absolute atomic E-state index is 0.252. The van der Waals surface area contributed by atoms with E-state index < -0.39 is 17.9 Å². The Bertz CT molecular complexity index is 1030. The van der Waals surface area contributed by atoms with Gasteiger partial charge in [0.1, 0.15) is 6.61 Å². The maximum Gasteiger partial charge on any atom is 0.414 e. The number of nitrogens with zero attached hydrogens (tertiary/aromatic N) is 5. The number of piperazine rings is 1. The van der Waals surface area contributed by atoms with Gasteiger partial charge in [-0.15, -0.1) is 0 Å². The lowest BCUT2D eigenvalue weighted by molar-refractivity contribution is 0.143. The largest absolute Gasteiger partial charge is 0.444 e. The quantitative estimate of drug-likeness (QED) is 0.394. The number of nitrogens with two attached hydrogens (primary N) is 1. The van der Waals surface area contributed by atoms with Gasteiger partial charge in [0.25, 0.3) is 0 Å². The molecule has 4 N–H and O–H groups in total. The van der Waals surface area contributed by atoms with Gasteiger partial charge in [0.15, 0.2) is 11.8 Å². The fourth-order valence-corrected chi connectivity index (χ4v) is 4.44. The molecule has 0 saturated carbocycles. The van der Waals surface area contributed by atoms with Crippen LogP contribution in [0.25, 0.3) is 0 Å². The molecule has 3 heterocycles. The predicted molar refractivity (Wildman–Crippen MR) is 130 cm³/mol. The van der Waals surface area contributed by atoms with E-state index in [9.17, 15) is 4.79 Å². The topological polar surface area (TPSA) is 133 Å². The first-order chi connectivity index (χ1) is 16.9. The number of anilines is 3. The first-order valence-electron chi connectivity index (χ1n) is 11.6. The summed E-state index contributed by atoms with van der Waals surface area (Å²) in [5.41, 5.74) is 6.75. The number of methoxy groups -OCH3 is 1. The molecule has 2 aliphatic rings. The van der Waals surface area contributed by atoms with Crippen LogP contribution in [-0.4, -0.2) is 75.0 Å². The molecule has 1 aromatic heterocycles. The van der Waals surface area contributed by atoms with Crippen LogP contribution in [-0.2, 0) is 16.1 Å².